The van der Waals surface area contributed by atoms with Gasteiger partial charge in [0, 0.05) is 0 Å². The van der Waals surface area contributed by atoms with E-state index in [0.717, 1.165) is 12.8 Å². The maximum atomic E-state index is 9.79. The van der Waals surface area contributed by atoms with Crippen LogP contribution in [0.2, 0.25) is 0 Å². The summed E-state index contributed by atoms with van der Waals surface area (Å²) >= 11 is 0. The summed E-state index contributed by atoms with van der Waals surface area (Å²) in [7, 11) is 0. The molecule has 5 nitrogen and oxygen atoms in total. The average molecular weight is 330 g/mol. The largest absolute Gasteiger partial charge is 0.493 e. The molecule has 0 aromatic rings. The van der Waals surface area contributed by atoms with Gasteiger partial charge in [0.2, 0.25) is 0 Å². The van der Waals surface area contributed by atoms with Crippen LogP contribution < -0.4 is 0 Å². The summed E-state index contributed by atoms with van der Waals surface area (Å²) in [6.45, 7) is 1.95. The van der Waals surface area contributed by atoms with Gasteiger partial charge in [0.25, 0.3) is 0 Å². The van der Waals surface area contributed by atoms with Crippen LogP contribution in [0.1, 0.15) is 64.7 Å². The molecule has 1 fully saturated rings. The van der Waals surface area contributed by atoms with E-state index in [1.54, 1.807) is 6.26 Å². The third-order valence-electron chi connectivity index (χ3n) is 4.29. The number of aliphatic hydroxyl groups excluding tert-OH is 3. The zero-order valence-corrected chi connectivity index (χ0v) is 14.4. The fourth-order valence-electron chi connectivity index (χ4n) is 2.83. The first-order valence-electron chi connectivity index (χ1n) is 9.09. The molecule has 5 heteroatoms. The molecular formula is C18H34O5. The molecular weight excluding hydrogens is 296 g/mol. The maximum Gasteiger partial charge on any atom is 0.154 e. The Balaban J connectivity index is 2.06. The Kier molecular flexibility index (Phi) is 11.3. The minimum Gasteiger partial charge on any atom is -0.493 e. The van der Waals surface area contributed by atoms with Gasteiger partial charge in [-0.15, -0.1) is 0 Å². The summed E-state index contributed by atoms with van der Waals surface area (Å²) in [6.07, 6.45) is 11.7. The molecule has 1 aliphatic heterocycles. The highest BCUT2D eigenvalue weighted by atomic mass is 16.6. The van der Waals surface area contributed by atoms with E-state index in [-0.39, 0.29) is 6.61 Å². The van der Waals surface area contributed by atoms with Crippen molar-refractivity contribution >= 4 is 0 Å². The van der Waals surface area contributed by atoms with Crippen molar-refractivity contribution in [2.24, 2.45) is 0 Å². The molecule has 0 aromatic heterocycles. The van der Waals surface area contributed by atoms with Gasteiger partial charge in [0.05, 0.1) is 19.5 Å². The molecule has 0 aliphatic carbocycles. The summed E-state index contributed by atoms with van der Waals surface area (Å²) in [4.78, 5) is 0. The SMILES string of the molecule is CCCCCCCCCC/C=C/O[C@H]1[C@@H]([C@@H](O)CO)OC[C@H]1O. The van der Waals surface area contributed by atoms with Gasteiger partial charge in [-0.1, -0.05) is 51.9 Å². The summed E-state index contributed by atoms with van der Waals surface area (Å²) < 4.78 is 10.8. The molecule has 1 saturated heterocycles. The molecule has 1 rings (SSSR count). The predicted molar refractivity (Wildman–Crippen MR) is 90.1 cm³/mol. The first kappa shape index (κ1) is 20.4. The molecule has 0 amide bonds. The number of rotatable bonds is 13. The summed E-state index contributed by atoms with van der Waals surface area (Å²) in [5, 5.41) is 28.4. The number of aliphatic hydroxyl groups is 3. The second-order valence-electron chi connectivity index (χ2n) is 6.35. The minimum absolute atomic E-state index is 0.123. The van der Waals surface area contributed by atoms with E-state index in [1.807, 2.05) is 6.08 Å². The molecule has 3 N–H and O–H groups in total. The van der Waals surface area contributed by atoms with Crippen LogP contribution in [0, 0.1) is 0 Å². The van der Waals surface area contributed by atoms with Gasteiger partial charge in [-0.05, 0) is 18.9 Å². The van der Waals surface area contributed by atoms with Gasteiger partial charge < -0.3 is 24.8 Å². The van der Waals surface area contributed by atoms with E-state index >= 15 is 0 Å². The van der Waals surface area contributed by atoms with Gasteiger partial charge in [-0.3, -0.25) is 0 Å². The number of hydrogen-bond donors (Lipinski definition) is 3. The third-order valence-corrected chi connectivity index (χ3v) is 4.29. The van der Waals surface area contributed by atoms with Crippen molar-refractivity contribution < 1.29 is 24.8 Å². The Hall–Kier alpha value is -0.620. The fourth-order valence-corrected chi connectivity index (χ4v) is 2.83. The molecule has 0 aromatic carbocycles. The maximum absolute atomic E-state index is 9.79. The van der Waals surface area contributed by atoms with E-state index in [1.165, 1.54) is 44.9 Å². The van der Waals surface area contributed by atoms with Crippen LogP contribution in [-0.2, 0) is 9.47 Å². The lowest BCUT2D eigenvalue weighted by Gasteiger charge is -2.22. The molecule has 0 saturated carbocycles. The highest BCUT2D eigenvalue weighted by molar-refractivity contribution is 4.91. The molecule has 0 spiro atoms. The average Bonchev–Trinajstić information content (AvgIpc) is 2.93. The van der Waals surface area contributed by atoms with Crippen LogP contribution in [0.3, 0.4) is 0 Å². The monoisotopic (exact) mass is 330 g/mol. The lowest BCUT2D eigenvalue weighted by molar-refractivity contribution is -0.0721. The van der Waals surface area contributed by atoms with E-state index in [9.17, 15) is 10.2 Å². The summed E-state index contributed by atoms with van der Waals surface area (Å²) in [5.41, 5.74) is 0. The molecule has 1 heterocycles. The first-order valence-corrected chi connectivity index (χ1v) is 9.09. The number of hydrogen-bond acceptors (Lipinski definition) is 5. The van der Waals surface area contributed by atoms with Crippen LogP contribution in [-0.4, -0.2) is 52.9 Å². The Morgan fingerprint density at radius 3 is 2.43 bits per heavy atom. The number of ether oxygens (including phenoxy) is 2. The zero-order valence-electron chi connectivity index (χ0n) is 14.4. The summed E-state index contributed by atoms with van der Waals surface area (Å²) in [5.74, 6) is 0. The van der Waals surface area contributed by atoms with E-state index in [4.69, 9.17) is 14.6 Å². The zero-order chi connectivity index (χ0) is 16.9. The second kappa shape index (κ2) is 12.8. The quantitative estimate of drug-likeness (QED) is 0.357. The molecule has 0 unspecified atom stereocenters. The fraction of sp³-hybridized carbons (Fsp3) is 0.889. The van der Waals surface area contributed by atoms with E-state index < -0.39 is 31.0 Å². The Morgan fingerprint density at radius 1 is 1.13 bits per heavy atom. The topological polar surface area (TPSA) is 79.2 Å². The van der Waals surface area contributed by atoms with Crippen LogP contribution >= 0.6 is 0 Å². The second-order valence-corrected chi connectivity index (χ2v) is 6.35. The Bertz CT molecular complexity index is 308. The minimum atomic E-state index is -1.03. The lowest BCUT2D eigenvalue weighted by Crippen LogP contribution is -2.41. The van der Waals surface area contributed by atoms with E-state index in [0.29, 0.717) is 0 Å². The molecule has 0 radical (unpaired) electrons. The molecule has 0 bridgehead atoms. The molecule has 136 valence electrons. The van der Waals surface area contributed by atoms with Crippen molar-refractivity contribution in [2.75, 3.05) is 13.2 Å². The smallest absolute Gasteiger partial charge is 0.154 e. The van der Waals surface area contributed by atoms with Crippen LogP contribution in [0.4, 0.5) is 0 Å². The lowest BCUT2D eigenvalue weighted by atomic mass is 10.1. The summed E-state index contributed by atoms with van der Waals surface area (Å²) in [6, 6.07) is 0. The van der Waals surface area contributed by atoms with Gasteiger partial charge in [0.15, 0.2) is 6.10 Å². The van der Waals surface area contributed by atoms with Gasteiger partial charge in [0.1, 0.15) is 18.3 Å². The third kappa shape index (κ3) is 8.15. The molecule has 1 aliphatic rings. The van der Waals surface area contributed by atoms with Gasteiger partial charge >= 0.3 is 0 Å². The highest BCUT2D eigenvalue weighted by Crippen LogP contribution is 2.21. The first-order chi connectivity index (χ1) is 11.2. The molecule has 4 atom stereocenters. The number of unbranched alkanes of at least 4 members (excludes halogenated alkanes) is 8. The normalized spacial score (nSPS) is 26.0. The van der Waals surface area contributed by atoms with Crippen molar-refractivity contribution in [1.82, 2.24) is 0 Å². The predicted octanol–water partition coefficient (Wildman–Crippen LogP) is 2.53. The van der Waals surface area contributed by atoms with E-state index in [2.05, 4.69) is 6.92 Å². The van der Waals surface area contributed by atoms with Crippen molar-refractivity contribution in [3.63, 3.8) is 0 Å². The standard InChI is InChI=1S/C18H34O5/c1-2-3-4-5-6-7-8-9-10-11-12-22-18-16(21)14-23-17(18)15(20)13-19/h11-12,15-21H,2-10,13-14H2,1H3/b12-11+/t15-,16+,17+,18+/m0/s1. The van der Waals surface area contributed by atoms with Crippen molar-refractivity contribution in [3.05, 3.63) is 12.3 Å². The Labute approximate surface area is 140 Å². The van der Waals surface area contributed by atoms with Crippen LogP contribution in [0.5, 0.6) is 0 Å². The van der Waals surface area contributed by atoms with Crippen molar-refractivity contribution in [2.45, 2.75) is 89.1 Å². The molecule has 23 heavy (non-hydrogen) atoms. The highest BCUT2D eigenvalue weighted by Gasteiger charge is 2.41. The number of allylic oxidation sites excluding steroid dienone is 1. The van der Waals surface area contributed by atoms with Gasteiger partial charge in [-0.2, -0.15) is 0 Å². The van der Waals surface area contributed by atoms with Crippen molar-refractivity contribution in [3.8, 4) is 0 Å². The Morgan fingerprint density at radius 2 is 1.78 bits per heavy atom. The van der Waals surface area contributed by atoms with Crippen LogP contribution in [0.15, 0.2) is 12.3 Å². The van der Waals surface area contributed by atoms with Crippen LogP contribution in [0.25, 0.3) is 0 Å². The van der Waals surface area contributed by atoms with Crippen molar-refractivity contribution in [1.29, 1.82) is 0 Å². The van der Waals surface area contributed by atoms with Gasteiger partial charge in [-0.25, -0.2) is 0 Å².